The summed E-state index contributed by atoms with van der Waals surface area (Å²) in [6.45, 7) is 2.48. The van der Waals surface area contributed by atoms with Crippen molar-refractivity contribution in [2.24, 2.45) is 0 Å². The lowest BCUT2D eigenvalue weighted by Gasteiger charge is -2.27. The van der Waals surface area contributed by atoms with Gasteiger partial charge in [0.05, 0.1) is 17.3 Å². The molecule has 0 amide bonds. The van der Waals surface area contributed by atoms with Crippen molar-refractivity contribution in [3.63, 3.8) is 0 Å². The number of rotatable bonds is 4. The van der Waals surface area contributed by atoms with E-state index >= 15 is 0 Å². The largest absolute Gasteiger partial charge is 0.460 e. The van der Waals surface area contributed by atoms with Gasteiger partial charge in [0, 0.05) is 54.8 Å². The van der Waals surface area contributed by atoms with Crippen LogP contribution in [0.1, 0.15) is 17.0 Å². The van der Waals surface area contributed by atoms with Crippen LogP contribution in [0.15, 0.2) is 71.5 Å². The number of nitrogens with zero attached hydrogens (tertiary/aromatic N) is 4. The fourth-order valence-corrected chi connectivity index (χ4v) is 3.86. The lowest BCUT2D eigenvalue weighted by molar-refractivity contribution is 0.224. The van der Waals surface area contributed by atoms with Gasteiger partial charge in [-0.2, -0.15) is 0 Å². The van der Waals surface area contributed by atoms with Crippen molar-refractivity contribution in [2.75, 3.05) is 6.54 Å². The summed E-state index contributed by atoms with van der Waals surface area (Å²) in [5, 5.41) is 0.696. The van der Waals surface area contributed by atoms with Crippen molar-refractivity contribution >= 4 is 11.6 Å². The van der Waals surface area contributed by atoms with E-state index in [9.17, 15) is 0 Å². The van der Waals surface area contributed by atoms with E-state index in [1.165, 1.54) is 5.56 Å². The van der Waals surface area contributed by atoms with E-state index in [1.807, 2.05) is 54.7 Å². The minimum absolute atomic E-state index is 0.696. The maximum atomic E-state index is 6.28. The van der Waals surface area contributed by atoms with E-state index in [2.05, 4.69) is 14.9 Å². The molecule has 0 spiro atoms. The Hall–Kier alpha value is -3.02. The summed E-state index contributed by atoms with van der Waals surface area (Å²) in [6.07, 6.45) is 6.38. The number of furan rings is 1. The summed E-state index contributed by atoms with van der Waals surface area (Å²) in [5.41, 5.74) is 4.15. The molecule has 0 aliphatic carbocycles. The van der Waals surface area contributed by atoms with Gasteiger partial charge in [0.1, 0.15) is 11.5 Å². The quantitative estimate of drug-likeness (QED) is 0.480. The van der Waals surface area contributed by atoms with Crippen LogP contribution in [0.25, 0.3) is 22.7 Å². The Balaban J connectivity index is 1.30. The first-order valence-electron chi connectivity index (χ1n) is 9.57. The number of hydrogen-bond acceptors (Lipinski definition) is 5. The molecule has 4 heterocycles. The van der Waals surface area contributed by atoms with Gasteiger partial charge >= 0.3 is 0 Å². The smallest absolute Gasteiger partial charge is 0.160 e. The van der Waals surface area contributed by atoms with Gasteiger partial charge in [0.25, 0.3) is 0 Å². The molecule has 0 radical (unpaired) electrons. The Morgan fingerprint density at radius 3 is 2.83 bits per heavy atom. The molecule has 0 saturated heterocycles. The SMILES string of the molecule is Clc1ccccc1-c1ccc(CN2CCc3nc(-c4cccnc4)ncc3C2)o1. The predicted molar refractivity (Wildman–Crippen MR) is 112 cm³/mol. The average molecular weight is 403 g/mol. The highest BCUT2D eigenvalue weighted by Crippen LogP contribution is 2.30. The van der Waals surface area contributed by atoms with Crippen molar-refractivity contribution in [2.45, 2.75) is 19.5 Å². The van der Waals surface area contributed by atoms with Gasteiger partial charge in [-0.25, -0.2) is 9.97 Å². The highest BCUT2D eigenvalue weighted by Gasteiger charge is 2.20. The molecule has 5 nitrogen and oxygen atoms in total. The fourth-order valence-electron chi connectivity index (χ4n) is 3.63. The van der Waals surface area contributed by atoms with Crippen LogP contribution in [-0.2, 0) is 19.5 Å². The molecule has 3 aromatic heterocycles. The molecule has 144 valence electrons. The molecule has 1 aliphatic heterocycles. The number of fused-ring (bicyclic) bond motifs is 1. The second-order valence-electron chi connectivity index (χ2n) is 7.11. The van der Waals surface area contributed by atoms with Gasteiger partial charge < -0.3 is 4.42 Å². The zero-order chi connectivity index (χ0) is 19.6. The molecular formula is C23H19ClN4O. The summed E-state index contributed by atoms with van der Waals surface area (Å²) in [5.74, 6) is 2.46. The molecule has 1 aromatic carbocycles. The number of hydrogen-bond donors (Lipinski definition) is 0. The summed E-state index contributed by atoms with van der Waals surface area (Å²) in [4.78, 5) is 15.8. The van der Waals surface area contributed by atoms with Crippen molar-refractivity contribution in [1.29, 1.82) is 0 Å². The highest BCUT2D eigenvalue weighted by molar-refractivity contribution is 6.33. The maximum absolute atomic E-state index is 6.28. The van der Waals surface area contributed by atoms with Gasteiger partial charge in [0.15, 0.2) is 5.82 Å². The third kappa shape index (κ3) is 3.79. The van der Waals surface area contributed by atoms with E-state index in [0.717, 1.165) is 60.2 Å². The molecule has 6 heteroatoms. The van der Waals surface area contributed by atoms with Crippen molar-refractivity contribution in [1.82, 2.24) is 19.9 Å². The summed E-state index contributed by atoms with van der Waals surface area (Å²) in [6, 6.07) is 15.6. The van der Waals surface area contributed by atoms with Gasteiger partial charge in [0.2, 0.25) is 0 Å². The zero-order valence-corrected chi connectivity index (χ0v) is 16.5. The van der Waals surface area contributed by atoms with Crippen LogP contribution in [0.2, 0.25) is 5.02 Å². The number of aromatic nitrogens is 3. The molecule has 5 rings (SSSR count). The third-order valence-corrected chi connectivity index (χ3v) is 5.44. The van der Waals surface area contributed by atoms with Crippen LogP contribution in [0.4, 0.5) is 0 Å². The molecule has 29 heavy (non-hydrogen) atoms. The van der Waals surface area contributed by atoms with E-state index < -0.39 is 0 Å². The van der Waals surface area contributed by atoms with Crippen molar-refractivity contribution < 1.29 is 4.42 Å². The van der Waals surface area contributed by atoms with Gasteiger partial charge in [-0.3, -0.25) is 9.88 Å². The van der Waals surface area contributed by atoms with Crippen LogP contribution >= 0.6 is 11.6 Å². The normalized spacial score (nSPS) is 14.0. The Morgan fingerprint density at radius 1 is 1.03 bits per heavy atom. The van der Waals surface area contributed by atoms with Crippen LogP contribution in [0.3, 0.4) is 0 Å². The van der Waals surface area contributed by atoms with Gasteiger partial charge in [-0.15, -0.1) is 0 Å². The molecule has 0 fully saturated rings. The fraction of sp³-hybridized carbons (Fsp3) is 0.174. The molecule has 4 aromatic rings. The lowest BCUT2D eigenvalue weighted by atomic mass is 10.1. The standard InChI is InChI=1S/C23H19ClN4O/c24-20-6-2-1-5-19(20)22-8-7-18(29-22)15-28-11-9-21-17(14-28)13-26-23(27-21)16-4-3-10-25-12-16/h1-8,10,12-13H,9,11,14-15H2. The topological polar surface area (TPSA) is 55.1 Å². The second-order valence-corrected chi connectivity index (χ2v) is 7.52. The van der Waals surface area contributed by atoms with E-state index in [4.69, 9.17) is 21.0 Å². The third-order valence-electron chi connectivity index (χ3n) is 5.11. The average Bonchev–Trinajstić information content (AvgIpc) is 3.22. The molecule has 0 saturated carbocycles. The van der Waals surface area contributed by atoms with Crippen molar-refractivity contribution in [3.05, 3.63) is 89.2 Å². The summed E-state index contributed by atoms with van der Waals surface area (Å²) < 4.78 is 6.05. The Labute approximate surface area is 174 Å². The predicted octanol–water partition coefficient (Wildman–Crippen LogP) is 5.01. The Bertz CT molecular complexity index is 1140. The first-order chi connectivity index (χ1) is 14.3. The highest BCUT2D eigenvalue weighted by atomic mass is 35.5. The van der Waals surface area contributed by atoms with Crippen LogP contribution in [0, 0.1) is 0 Å². The number of benzene rings is 1. The molecule has 0 bridgehead atoms. The van der Waals surface area contributed by atoms with E-state index in [0.29, 0.717) is 5.02 Å². The molecular weight excluding hydrogens is 384 g/mol. The Kier molecular flexibility index (Phi) is 4.84. The van der Waals surface area contributed by atoms with E-state index in [-0.39, 0.29) is 0 Å². The second kappa shape index (κ2) is 7.78. The van der Waals surface area contributed by atoms with E-state index in [1.54, 1.807) is 12.4 Å². The first kappa shape index (κ1) is 18.0. The zero-order valence-electron chi connectivity index (χ0n) is 15.8. The maximum Gasteiger partial charge on any atom is 0.160 e. The summed E-state index contributed by atoms with van der Waals surface area (Å²) >= 11 is 6.28. The molecule has 0 atom stereocenters. The lowest BCUT2D eigenvalue weighted by Crippen LogP contribution is -2.30. The monoisotopic (exact) mass is 402 g/mol. The van der Waals surface area contributed by atoms with Gasteiger partial charge in [-0.1, -0.05) is 23.7 Å². The van der Waals surface area contributed by atoms with Crippen LogP contribution in [0.5, 0.6) is 0 Å². The summed E-state index contributed by atoms with van der Waals surface area (Å²) in [7, 11) is 0. The Morgan fingerprint density at radius 2 is 1.97 bits per heavy atom. The minimum Gasteiger partial charge on any atom is -0.460 e. The van der Waals surface area contributed by atoms with Gasteiger partial charge in [-0.05, 0) is 36.4 Å². The number of halogens is 1. The first-order valence-corrected chi connectivity index (χ1v) is 9.95. The van der Waals surface area contributed by atoms with Crippen LogP contribution < -0.4 is 0 Å². The minimum atomic E-state index is 0.696. The van der Waals surface area contributed by atoms with Crippen LogP contribution in [-0.4, -0.2) is 26.4 Å². The molecule has 0 unspecified atom stereocenters. The number of pyridine rings is 1. The van der Waals surface area contributed by atoms with Crippen molar-refractivity contribution in [3.8, 4) is 22.7 Å². The molecule has 0 N–H and O–H groups in total. The molecule has 1 aliphatic rings.